The fraction of sp³-hybridized carbons (Fsp3) is 0.211. The smallest absolute Gasteiger partial charge is 0.228 e. The van der Waals surface area contributed by atoms with Crippen molar-refractivity contribution in [3.8, 4) is 11.5 Å². The molecule has 124 valence electrons. The standard InChI is InChI=1S/C19H20N2O3/c1-3-24-18-7-5-4-6-17(18)21-19(22)10-13-12-20-16-9-8-14(23-2)11-15(13)16/h4-9,11-12,20H,3,10H2,1-2H3,(H,21,22). The van der Waals surface area contributed by atoms with Crippen LogP contribution in [0.1, 0.15) is 12.5 Å². The lowest BCUT2D eigenvalue weighted by molar-refractivity contribution is -0.115. The molecule has 1 aromatic heterocycles. The first-order chi connectivity index (χ1) is 11.7. The van der Waals surface area contributed by atoms with E-state index in [1.807, 2.05) is 55.6 Å². The zero-order chi connectivity index (χ0) is 16.9. The minimum atomic E-state index is -0.0918. The van der Waals surface area contributed by atoms with Crippen LogP contribution in [0.4, 0.5) is 5.69 Å². The van der Waals surface area contributed by atoms with E-state index in [-0.39, 0.29) is 12.3 Å². The molecule has 0 unspecified atom stereocenters. The van der Waals surface area contributed by atoms with Crippen LogP contribution in [0.15, 0.2) is 48.7 Å². The summed E-state index contributed by atoms with van der Waals surface area (Å²) in [6.07, 6.45) is 2.13. The van der Waals surface area contributed by atoms with E-state index in [4.69, 9.17) is 9.47 Å². The van der Waals surface area contributed by atoms with Crippen molar-refractivity contribution in [2.45, 2.75) is 13.3 Å². The highest BCUT2D eigenvalue weighted by Crippen LogP contribution is 2.26. The van der Waals surface area contributed by atoms with E-state index >= 15 is 0 Å². The number of para-hydroxylation sites is 2. The third-order valence-corrected chi connectivity index (χ3v) is 3.79. The lowest BCUT2D eigenvalue weighted by Crippen LogP contribution is -2.15. The van der Waals surface area contributed by atoms with Crippen LogP contribution in [0.5, 0.6) is 11.5 Å². The number of carbonyl (C=O) groups excluding carboxylic acids is 1. The molecular formula is C19H20N2O3. The van der Waals surface area contributed by atoms with Gasteiger partial charge in [0.05, 0.1) is 25.8 Å². The minimum absolute atomic E-state index is 0.0918. The fourth-order valence-corrected chi connectivity index (χ4v) is 2.65. The molecule has 0 saturated heterocycles. The maximum atomic E-state index is 12.4. The van der Waals surface area contributed by atoms with Gasteiger partial charge in [-0.2, -0.15) is 0 Å². The molecule has 0 aliphatic carbocycles. The van der Waals surface area contributed by atoms with Crippen LogP contribution in [0.25, 0.3) is 10.9 Å². The van der Waals surface area contributed by atoms with Crippen molar-refractivity contribution in [3.63, 3.8) is 0 Å². The van der Waals surface area contributed by atoms with Gasteiger partial charge >= 0.3 is 0 Å². The van der Waals surface area contributed by atoms with Crippen molar-refractivity contribution in [3.05, 3.63) is 54.2 Å². The first-order valence-corrected chi connectivity index (χ1v) is 7.87. The predicted octanol–water partition coefficient (Wildman–Crippen LogP) is 3.76. The van der Waals surface area contributed by atoms with Gasteiger partial charge in [-0.25, -0.2) is 0 Å². The average molecular weight is 324 g/mol. The summed E-state index contributed by atoms with van der Waals surface area (Å²) in [7, 11) is 1.63. The predicted molar refractivity (Wildman–Crippen MR) is 94.8 cm³/mol. The van der Waals surface area contributed by atoms with Crippen LogP contribution >= 0.6 is 0 Å². The molecule has 0 fully saturated rings. The number of ether oxygens (including phenoxy) is 2. The van der Waals surface area contributed by atoms with Crippen LogP contribution < -0.4 is 14.8 Å². The Morgan fingerprint density at radius 2 is 2.04 bits per heavy atom. The highest BCUT2D eigenvalue weighted by molar-refractivity contribution is 5.97. The number of aromatic nitrogens is 1. The van der Waals surface area contributed by atoms with E-state index in [1.54, 1.807) is 7.11 Å². The molecule has 1 heterocycles. The molecule has 0 radical (unpaired) electrons. The Morgan fingerprint density at radius 3 is 2.83 bits per heavy atom. The molecule has 5 nitrogen and oxygen atoms in total. The van der Waals surface area contributed by atoms with Gasteiger partial charge in [-0.15, -0.1) is 0 Å². The van der Waals surface area contributed by atoms with E-state index in [0.29, 0.717) is 18.0 Å². The Balaban J connectivity index is 1.78. The monoisotopic (exact) mass is 324 g/mol. The number of fused-ring (bicyclic) bond motifs is 1. The first-order valence-electron chi connectivity index (χ1n) is 7.87. The molecule has 3 rings (SSSR count). The third kappa shape index (κ3) is 3.35. The summed E-state index contributed by atoms with van der Waals surface area (Å²) in [5, 5.41) is 3.91. The molecule has 0 saturated carbocycles. The van der Waals surface area contributed by atoms with Crippen LogP contribution in [-0.2, 0) is 11.2 Å². The highest BCUT2D eigenvalue weighted by Gasteiger charge is 2.12. The lowest BCUT2D eigenvalue weighted by atomic mass is 10.1. The molecule has 2 N–H and O–H groups in total. The summed E-state index contributed by atoms with van der Waals surface area (Å²) in [6.45, 7) is 2.47. The van der Waals surface area contributed by atoms with E-state index in [1.165, 1.54) is 0 Å². The van der Waals surface area contributed by atoms with Crippen LogP contribution in [-0.4, -0.2) is 24.6 Å². The summed E-state index contributed by atoms with van der Waals surface area (Å²) in [6, 6.07) is 13.2. The van der Waals surface area contributed by atoms with Crippen LogP contribution in [0.2, 0.25) is 0 Å². The summed E-state index contributed by atoms with van der Waals surface area (Å²) >= 11 is 0. The lowest BCUT2D eigenvalue weighted by Gasteiger charge is -2.11. The largest absolute Gasteiger partial charge is 0.497 e. The number of nitrogens with one attached hydrogen (secondary N) is 2. The SMILES string of the molecule is CCOc1ccccc1NC(=O)Cc1c[nH]c2ccc(OC)cc12. The molecule has 0 bridgehead atoms. The minimum Gasteiger partial charge on any atom is -0.497 e. The number of H-pyrrole nitrogens is 1. The van der Waals surface area contributed by atoms with Gasteiger partial charge in [-0.3, -0.25) is 4.79 Å². The van der Waals surface area contributed by atoms with Gasteiger partial charge in [0.25, 0.3) is 0 Å². The van der Waals surface area contributed by atoms with Gasteiger partial charge in [0, 0.05) is 17.1 Å². The zero-order valence-electron chi connectivity index (χ0n) is 13.8. The molecule has 0 atom stereocenters. The van der Waals surface area contributed by atoms with Gasteiger partial charge in [0.1, 0.15) is 11.5 Å². The normalized spacial score (nSPS) is 10.6. The average Bonchev–Trinajstić information content (AvgIpc) is 2.99. The summed E-state index contributed by atoms with van der Waals surface area (Å²) in [5.74, 6) is 1.35. The van der Waals surface area contributed by atoms with E-state index in [2.05, 4.69) is 10.3 Å². The highest BCUT2D eigenvalue weighted by atomic mass is 16.5. The second-order valence-corrected chi connectivity index (χ2v) is 5.38. The maximum Gasteiger partial charge on any atom is 0.228 e. The van der Waals surface area contributed by atoms with Gasteiger partial charge < -0.3 is 19.8 Å². The Morgan fingerprint density at radius 1 is 1.21 bits per heavy atom. The van der Waals surface area contributed by atoms with E-state index in [0.717, 1.165) is 22.2 Å². The number of rotatable bonds is 6. The first kappa shape index (κ1) is 15.9. The van der Waals surface area contributed by atoms with Crippen LogP contribution in [0, 0.1) is 0 Å². The van der Waals surface area contributed by atoms with Gasteiger partial charge in [0.2, 0.25) is 5.91 Å². The van der Waals surface area contributed by atoms with Crippen molar-refractivity contribution in [2.75, 3.05) is 19.0 Å². The third-order valence-electron chi connectivity index (χ3n) is 3.79. The number of amides is 1. The summed E-state index contributed by atoms with van der Waals surface area (Å²) < 4.78 is 10.8. The number of aromatic amines is 1. The zero-order valence-corrected chi connectivity index (χ0v) is 13.8. The molecule has 5 heteroatoms. The topological polar surface area (TPSA) is 63.3 Å². The fourth-order valence-electron chi connectivity index (χ4n) is 2.65. The van der Waals surface area contributed by atoms with Crippen LogP contribution in [0.3, 0.4) is 0 Å². The number of hydrogen-bond donors (Lipinski definition) is 2. The number of carbonyl (C=O) groups is 1. The quantitative estimate of drug-likeness (QED) is 0.726. The molecule has 0 spiro atoms. The molecule has 2 aromatic carbocycles. The van der Waals surface area contributed by atoms with Gasteiger partial charge in [-0.1, -0.05) is 12.1 Å². The number of anilines is 1. The Bertz CT molecular complexity index is 855. The van der Waals surface area contributed by atoms with Crippen molar-refractivity contribution < 1.29 is 14.3 Å². The van der Waals surface area contributed by atoms with Crippen molar-refractivity contribution in [2.24, 2.45) is 0 Å². The van der Waals surface area contributed by atoms with Crippen molar-refractivity contribution in [1.82, 2.24) is 4.98 Å². The Labute approximate surface area is 140 Å². The second kappa shape index (κ2) is 7.08. The second-order valence-electron chi connectivity index (χ2n) is 5.38. The summed E-state index contributed by atoms with van der Waals surface area (Å²) in [4.78, 5) is 15.6. The van der Waals surface area contributed by atoms with Crippen molar-refractivity contribution >= 4 is 22.5 Å². The number of methoxy groups -OCH3 is 1. The van der Waals surface area contributed by atoms with E-state index in [9.17, 15) is 4.79 Å². The Hall–Kier alpha value is -2.95. The molecule has 0 aliphatic rings. The molecule has 24 heavy (non-hydrogen) atoms. The molecular weight excluding hydrogens is 304 g/mol. The molecule has 0 aliphatic heterocycles. The number of hydrogen-bond acceptors (Lipinski definition) is 3. The molecule has 3 aromatic rings. The maximum absolute atomic E-state index is 12.4. The van der Waals surface area contributed by atoms with Crippen molar-refractivity contribution in [1.29, 1.82) is 0 Å². The summed E-state index contributed by atoms with van der Waals surface area (Å²) in [5.41, 5.74) is 2.59. The van der Waals surface area contributed by atoms with Gasteiger partial charge in [0.15, 0.2) is 0 Å². The molecule has 1 amide bonds. The Kier molecular flexibility index (Phi) is 4.70. The van der Waals surface area contributed by atoms with E-state index < -0.39 is 0 Å². The van der Waals surface area contributed by atoms with Gasteiger partial charge in [-0.05, 0) is 42.8 Å². The number of benzene rings is 2.